The molecular weight excluding hydrogens is 396 g/mol. The molecular formula is C21H21ClN2O5. The molecule has 0 aliphatic carbocycles. The molecule has 1 N–H and O–H groups in total. The van der Waals surface area contributed by atoms with Crippen LogP contribution in [0.2, 0.25) is 5.02 Å². The molecule has 1 amide bonds. The fourth-order valence-electron chi connectivity index (χ4n) is 3.49. The number of oxazole rings is 1. The summed E-state index contributed by atoms with van der Waals surface area (Å²) >= 11 is 5.92. The Hall–Kier alpha value is -2.93. The quantitative estimate of drug-likeness (QED) is 0.666. The van der Waals surface area contributed by atoms with E-state index < -0.39 is 5.76 Å². The first-order valence-electron chi connectivity index (χ1n) is 9.45. The number of halogens is 1. The fourth-order valence-corrected chi connectivity index (χ4v) is 3.65. The van der Waals surface area contributed by atoms with Gasteiger partial charge in [0, 0.05) is 35.2 Å². The van der Waals surface area contributed by atoms with E-state index in [0.717, 1.165) is 29.0 Å². The van der Waals surface area contributed by atoms with Crippen LogP contribution in [0, 0.1) is 0 Å². The van der Waals surface area contributed by atoms with Gasteiger partial charge in [-0.1, -0.05) is 11.6 Å². The molecule has 2 heterocycles. The highest BCUT2D eigenvalue weighted by atomic mass is 35.5. The van der Waals surface area contributed by atoms with Crippen molar-refractivity contribution < 1.29 is 18.7 Å². The van der Waals surface area contributed by atoms with Crippen molar-refractivity contribution >= 4 is 28.6 Å². The first-order chi connectivity index (χ1) is 13.9. The average Bonchev–Trinajstić information content (AvgIpc) is 3.17. The van der Waals surface area contributed by atoms with Crippen LogP contribution in [-0.2, 0) is 24.3 Å². The van der Waals surface area contributed by atoms with E-state index in [9.17, 15) is 9.59 Å². The van der Waals surface area contributed by atoms with E-state index in [0.29, 0.717) is 22.7 Å². The maximum Gasteiger partial charge on any atom is 0.420 e. The Bertz CT molecular complexity index is 1130. The standard InChI is InChI=1S/C21H21ClN2O5/c1-3-27-17-7-13-6-12(2)28-18(13)8-14(17)10-23-20(25)11-24-16-5-4-15(22)9-19(16)29-21(24)26/h4-5,7-9,12H,3,6,10-11H2,1-2H3,(H,23,25)/t12-/m0/s1. The predicted octanol–water partition coefficient (Wildman–Crippen LogP) is 3.29. The molecule has 4 rings (SSSR count). The van der Waals surface area contributed by atoms with Gasteiger partial charge in [-0.3, -0.25) is 9.36 Å². The number of benzene rings is 2. The number of amides is 1. The summed E-state index contributed by atoms with van der Waals surface area (Å²) in [4.78, 5) is 24.6. The summed E-state index contributed by atoms with van der Waals surface area (Å²) in [6, 6.07) is 8.73. The molecule has 0 fully saturated rings. The molecule has 0 unspecified atom stereocenters. The minimum Gasteiger partial charge on any atom is -0.494 e. The monoisotopic (exact) mass is 416 g/mol. The van der Waals surface area contributed by atoms with Crippen LogP contribution in [-0.4, -0.2) is 23.2 Å². The molecule has 1 atom stereocenters. The van der Waals surface area contributed by atoms with Gasteiger partial charge in [0.25, 0.3) is 0 Å². The molecule has 2 aromatic carbocycles. The third-order valence-electron chi connectivity index (χ3n) is 4.79. The number of hydrogen-bond acceptors (Lipinski definition) is 5. The van der Waals surface area contributed by atoms with Gasteiger partial charge in [0.2, 0.25) is 5.91 Å². The number of carbonyl (C=O) groups is 1. The molecule has 0 saturated carbocycles. The number of carbonyl (C=O) groups excluding carboxylic acids is 1. The topological polar surface area (TPSA) is 82.7 Å². The Balaban J connectivity index is 1.50. The van der Waals surface area contributed by atoms with Gasteiger partial charge in [0.15, 0.2) is 5.58 Å². The lowest BCUT2D eigenvalue weighted by Gasteiger charge is -2.13. The molecule has 29 heavy (non-hydrogen) atoms. The summed E-state index contributed by atoms with van der Waals surface area (Å²) in [7, 11) is 0. The second kappa shape index (κ2) is 7.83. The van der Waals surface area contributed by atoms with E-state index in [4.69, 9.17) is 25.5 Å². The van der Waals surface area contributed by atoms with Crippen molar-refractivity contribution in [3.63, 3.8) is 0 Å². The highest BCUT2D eigenvalue weighted by Crippen LogP contribution is 2.35. The van der Waals surface area contributed by atoms with Crippen molar-refractivity contribution in [2.75, 3.05) is 6.61 Å². The number of rotatable bonds is 6. The summed E-state index contributed by atoms with van der Waals surface area (Å²) in [6.07, 6.45) is 0.960. The predicted molar refractivity (Wildman–Crippen MR) is 109 cm³/mol. The molecule has 1 aromatic heterocycles. The number of nitrogens with one attached hydrogen (secondary N) is 1. The lowest BCUT2D eigenvalue weighted by atomic mass is 10.1. The average molecular weight is 417 g/mol. The smallest absolute Gasteiger partial charge is 0.420 e. The maximum atomic E-state index is 12.5. The van der Waals surface area contributed by atoms with Gasteiger partial charge >= 0.3 is 5.76 Å². The highest BCUT2D eigenvalue weighted by molar-refractivity contribution is 6.31. The Labute approximate surface area is 172 Å². The molecule has 152 valence electrons. The van der Waals surface area contributed by atoms with E-state index in [-0.39, 0.29) is 25.1 Å². The first kappa shape index (κ1) is 19.4. The van der Waals surface area contributed by atoms with Crippen LogP contribution in [0.25, 0.3) is 11.1 Å². The SMILES string of the molecule is CCOc1cc2c(cc1CNC(=O)Cn1c(=O)oc3cc(Cl)ccc31)O[C@@H](C)C2. The molecule has 0 saturated heterocycles. The van der Waals surface area contributed by atoms with Gasteiger partial charge in [0.05, 0.1) is 12.1 Å². The Kier molecular flexibility index (Phi) is 5.24. The Morgan fingerprint density at radius 1 is 1.34 bits per heavy atom. The molecule has 0 bridgehead atoms. The Morgan fingerprint density at radius 2 is 2.17 bits per heavy atom. The van der Waals surface area contributed by atoms with Gasteiger partial charge in [0.1, 0.15) is 24.1 Å². The Morgan fingerprint density at radius 3 is 2.97 bits per heavy atom. The molecule has 7 nitrogen and oxygen atoms in total. The van der Waals surface area contributed by atoms with Crippen LogP contribution in [0.15, 0.2) is 39.5 Å². The van der Waals surface area contributed by atoms with Crippen molar-refractivity contribution in [1.29, 1.82) is 0 Å². The van der Waals surface area contributed by atoms with Crippen molar-refractivity contribution in [2.24, 2.45) is 0 Å². The summed E-state index contributed by atoms with van der Waals surface area (Å²) in [5.41, 5.74) is 2.79. The molecule has 1 aliphatic rings. The zero-order valence-corrected chi connectivity index (χ0v) is 16.9. The van der Waals surface area contributed by atoms with Crippen LogP contribution in [0.5, 0.6) is 11.5 Å². The summed E-state index contributed by atoms with van der Waals surface area (Å²) < 4.78 is 18.0. The number of fused-ring (bicyclic) bond motifs is 2. The highest BCUT2D eigenvalue weighted by Gasteiger charge is 2.22. The van der Waals surface area contributed by atoms with E-state index in [1.165, 1.54) is 4.57 Å². The van der Waals surface area contributed by atoms with Gasteiger partial charge in [-0.2, -0.15) is 0 Å². The van der Waals surface area contributed by atoms with E-state index in [1.807, 2.05) is 26.0 Å². The van der Waals surface area contributed by atoms with Gasteiger partial charge in [-0.25, -0.2) is 4.79 Å². The zero-order valence-electron chi connectivity index (χ0n) is 16.2. The summed E-state index contributed by atoms with van der Waals surface area (Å²) in [5, 5.41) is 3.30. The number of ether oxygens (including phenoxy) is 2. The van der Waals surface area contributed by atoms with Gasteiger partial charge in [-0.15, -0.1) is 0 Å². The van der Waals surface area contributed by atoms with E-state index >= 15 is 0 Å². The van der Waals surface area contributed by atoms with Gasteiger partial charge < -0.3 is 19.2 Å². The summed E-state index contributed by atoms with van der Waals surface area (Å²) in [6.45, 7) is 4.56. The first-order valence-corrected chi connectivity index (χ1v) is 9.83. The molecule has 3 aromatic rings. The summed E-state index contributed by atoms with van der Waals surface area (Å²) in [5.74, 6) is 0.623. The number of hydrogen-bond donors (Lipinski definition) is 1. The molecule has 1 aliphatic heterocycles. The van der Waals surface area contributed by atoms with E-state index in [1.54, 1.807) is 18.2 Å². The van der Waals surface area contributed by atoms with Crippen molar-refractivity contribution in [2.45, 2.75) is 39.5 Å². The van der Waals surface area contributed by atoms with Gasteiger partial charge in [-0.05, 0) is 38.1 Å². The lowest BCUT2D eigenvalue weighted by molar-refractivity contribution is -0.121. The number of nitrogens with zero attached hydrogens (tertiary/aromatic N) is 1. The van der Waals surface area contributed by atoms with Crippen LogP contribution < -0.4 is 20.5 Å². The minimum atomic E-state index is -0.604. The lowest BCUT2D eigenvalue weighted by Crippen LogP contribution is -2.30. The largest absolute Gasteiger partial charge is 0.494 e. The van der Waals surface area contributed by atoms with Crippen LogP contribution in [0.3, 0.4) is 0 Å². The van der Waals surface area contributed by atoms with Crippen molar-refractivity contribution in [3.05, 3.63) is 57.0 Å². The number of aromatic nitrogens is 1. The van der Waals surface area contributed by atoms with Crippen molar-refractivity contribution in [3.8, 4) is 11.5 Å². The molecule has 0 radical (unpaired) electrons. The van der Waals surface area contributed by atoms with Crippen molar-refractivity contribution in [1.82, 2.24) is 9.88 Å². The molecule has 8 heteroatoms. The van der Waals surface area contributed by atoms with Crippen LogP contribution in [0.1, 0.15) is 25.0 Å². The third-order valence-corrected chi connectivity index (χ3v) is 5.02. The zero-order chi connectivity index (χ0) is 20.5. The normalized spacial score (nSPS) is 15.2. The third kappa shape index (κ3) is 3.96. The minimum absolute atomic E-state index is 0.124. The second-order valence-electron chi connectivity index (χ2n) is 6.98. The van der Waals surface area contributed by atoms with Crippen LogP contribution in [0.4, 0.5) is 0 Å². The maximum absolute atomic E-state index is 12.5. The van der Waals surface area contributed by atoms with Crippen LogP contribution >= 0.6 is 11.6 Å². The fraction of sp³-hybridized carbons (Fsp3) is 0.333. The second-order valence-corrected chi connectivity index (χ2v) is 7.41. The van der Waals surface area contributed by atoms with E-state index in [2.05, 4.69) is 5.32 Å². The molecule has 0 spiro atoms.